The summed E-state index contributed by atoms with van der Waals surface area (Å²) in [5.74, 6) is -2.39. The predicted octanol–water partition coefficient (Wildman–Crippen LogP) is 2.44. The minimum absolute atomic E-state index is 0.00791. The molecule has 1 amide bonds. The molecule has 0 unspecified atom stereocenters. The zero-order valence-corrected chi connectivity index (χ0v) is 25.0. The van der Waals surface area contributed by atoms with E-state index in [0.717, 1.165) is 18.4 Å². The number of amides is 1. The summed E-state index contributed by atoms with van der Waals surface area (Å²) in [6, 6.07) is -1.04. The predicted molar refractivity (Wildman–Crippen MR) is 151 cm³/mol. The van der Waals surface area contributed by atoms with Gasteiger partial charge in [-0.3, -0.25) is 19.2 Å². The number of rotatable bonds is 11. The molecule has 4 N–H and O–H groups in total. The molecule has 228 valence electrons. The molecule has 0 bridgehead atoms. The quantitative estimate of drug-likeness (QED) is 0.261. The second-order valence-electron chi connectivity index (χ2n) is 12.8. The first kappa shape index (κ1) is 31.7. The average Bonchev–Trinajstić information content (AvgIpc) is 3.19. The topological polar surface area (TPSA) is 167 Å². The van der Waals surface area contributed by atoms with E-state index >= 15 is 0 Å². The standard InChI is InChI=1S/C30H43NO9S/c1-28-11-8-18(32)14-17(28)4-5-19-20-9-12-30(39,29(20,2)15-22(33)26(19)28)23(34)16-40-25(36)7-6-24(35)31-21(27(37)38)10-13-41-3/h14,19-22,26,33,39H,4-13,15-16H2,1-3H3,(H,31,35)(H,37,38)/t19-,20+,21-,22+,26+,28-,29-,30-/m0/s1. The number of thioether (sulfide) groups is 1. The second kappa shape index (κ2) is 12.2. The highest BCUT2D eigenvalue weighted by Gasteiger charge is 2.68. The summed E-state index contributed by atoms with van der Waals surface area (Å²) < 4.78 is 5.15. The first-order valence-electron chi connectivity index (χ1n) is 14.6. The molecule has 0 heterocycles. The monoisotopic (exact) mass is 593 g/mol. The summed E-state index contributed by atoms with van der Waals surface area (Å²) in [5, 5.41) is 34.9. The van der Waals surface area contributed by atoms with Crippen molar-refractivity contribution >= 4 is 41.2 Å². The molecule has 3 saturated carbocycles. The number of fused-ring (bicyclic) bond motifs is 5. The number of ketones is 2. The van der Waals surface area contributed by atoms with E-state index in [1.54, 1.807) is 6.08 Å². The van der Waals surface area contributed by atoms with Gasteiger partial charge in [0.1, 0.15) is 11.6 Å². The number of carbonyl (C=O) groups is 5. The third-order valence-corrected chi connectivity index (χ3v) is 11.3. The Bertz CT molecular complexity index is 1120. The molecule has 0 spiro atoms. The largest absolute Gasteiger partial charge is 0.480 e. The Labute approximate surface area is 245 Å². The molecule has 10 nitrogen and oxygen atoms in total. The smallest absolute Gasteiger partial charge is 0.326 e. The van der Waals surface area contributed by atoms with Crippen molar-refractivity contribution in [3.63, 3.8) is 0 Å². The van der Waals surface area contributed by atoms with E-state index in [4.69, 9.17) is 4.74 Å². The SMILES string of the molecule is CSCC[C@H](NC(=O)CCC(=O)OCC(=O)[C@@]1(O)CC[C@@H]2[C@@H]3CCC4=CC(=O)CC[C@]4(C)[C@H]3[C@H](O)C[C@@]21C)C(=O)O. The third-order valence-electron chi connectivity index (χ3n) is 10.7. The van der Waals surface area contributed by atoms with Gasteiger partial charge in [-0.15, -0.1) is 0 Å². The van der Waals surface area contributed by atoms with E-state index in [9.17, 15) is 39.3 Å². The van der Waals surface area contributed by atoms with Gasteiger partial charge in [0, 0.05) is 18.3 Å². The zero-order chi connectivity index (χ0) is 30.2. The molecule has 0 aromatic heterocycles. The summed E-state index contributed by atoms with van der Waals surface area (Å²) in [4.78, 5) is 61.3. The van der Waals surface area contributed by atoms with Crippen LogP contribution in [0.2, 0.25) is 0 Å². The Balaban J connectivity index is 1.35. The average molecular weight is 594 g/mol. The van der Waals surface area contributed by atoms with Crippen molar-refractivity contribution in [1.29, 1.82) is 0 Å². The van der Waals surface area contributed by atoms with Crippen LogP contribution >= 0.6 is 11.8 Å². The highest BCUT2D eigenvalue weighted by molar-refractivity contribution is 7.98. The first-order chi connectivity index (χ1) is 19.3. The maximum Gasteiger partial charge on any atom is 0.326 e. The van der Waals surface area contributed by atoms with Gasteiger partial charge in [-0.2, -0.15) is 11.8 Å². The van der Waals surface area contributed by atoms with Crippen LogP contribution in [0, 0.1) is 28.6 Å². The molecule has 0 aromatic rings. The molecule has 0 radical (unpaired) electrons. The van der Waals surface area contributed by atoms with Gasteiger partial charge in [0.25, 0.3) is 0 Å². The summed E-state index contributed by atoms with van der Waals surface area (Å²) in [7, 11) is 0. The maximum atomic E-state index is 13.4. The number of hydrogen-bond acceptors (Lipinski definition) is 9. The van der Waals surface area contributed by atoms with Crippen LogP contribution in [0.15, 0.2) is 11.6 Å². The molecule has 11 heteroatoms. The minimum atomic E-state index is -1.76. The van der Waals surface area contributed by atoms with Gasteiger partial charge in [0.2, 0.25) is 11.7 Å². The molecule has 3 fully saturated rings. The van der Waals surface area contributed by atoms with Gasteiger partial charge < -0.3 is 25.4 Å². The number of aliphatic hydroxyl groups is 2. The molecule has 0 saturated heterocycles. The van der Waals surface area contributed by atoms with Crippen LogP contribution in [-0.2, 0) is 28.7 Å². The van der Waals surface area contributed by atoms with Crippen LogP contribution in [-0.4, -0.2) is 81.1 Å². The Morgan fingerprint density at radius 2 is 1.88 bits per heavy atom. The molecule has 4 aliphatic carbocycles. The van der Waals surface area contributed by atoms with E-state index < -0.39 is 53.4 Å². The van der Waals surface area contributed by atoms with Crippen molar-refractivity contribution < 1.29 is 44.0 Å². The molecule has 41 heavy (non-hydrogen) atoms. The van der Waals surface area contributed by atoms with Gasteiger partial charge in [-0.05, 0) is 86.2 Å². The fraction of sp³-hybridized carbons (Fsp3) is 0.767. The molecule has 8 atom stereocenters. The number of carbonyl (C=O) groups excluding carboxylic acids is 4. The molecular weight excluding hydrogens is 550 g/mol. The number of ether oxygens (including phenoxy) is 1. The van der Waals surface area contributed by atoms with E-state index in [-0.39, 0.29) is 61.1 Å². The van der Waals surface area contributed by atoms with Crippen LogP contribution in [0.25, 0.3) is 0 Å². The summed E-state index contributed by atoms with van der Waals surface area (Å²) in [6.45, 7) is 3.37. The van der Waals surface area contributed by atoms with E-state index in [2.05, 4.69) is 12.2 Å². The molecule has 4 rings (SSSR count). The summed E-state index contributed by atoms with van der Waals surface area (Å²) in [5.41, 5.74) is -1.81. The lowest BCUT2D eigenvalue weighted by Crippen LogP contribution is -2.62. The van der Waals surface area contributed by atoms with Crippen molar-refractivity contribution in [2.45, 2.75) is 95.8 Å². The van der Waals surface area contributed by atoms with Gasteiger partial charge in [0.15, 0.2) is 12.4 Å². The van der Waals surface area contributed by atoms with Crippen molar-refractivity contribution in [2.75, 3.05) is 18.6 Å². The van der Waals surface area contributed by atoms with Crippen LogP contribution in [0.5, 0.6) is 0 Å². The Hall–Kier alpha value is -2.24. The number of carboxylic acids is 1. The summed E-state index contributed by atoms with van der Waals surface area (Å²) >= 11 is 1.46. The van der Waals surface area contributed by atoms with E-state index in [0.29, 0.717) is 25.0 Å². The fourth-order valence-electron chi connectivity index (χ4n) is 8.46. The summed E-state index contributed by atoms with van der Waals surface area (Å²) in [6.07, 6.45) is 6.30. The second-order valence-corrected chi connectivity index (χ2v) is 13.8. The highest BCUT2D eigenvalue weighted by atomic mass is 32.2. The maximum absolute atomic E-state index is 13.4. The lowest BCUT2D eigenvalue weighted by atomic mass is 9.45. The van der Waals surface area contributed by atoms with Crippen LogP contribution in [0.3, 0.4) is 0 Å². The van der Waals surface area contributed by atoms with Crippen LogP contribution in [0.1, 0.15) is 78.1 Å². The lowest BCUT2D eigenvalue weighted by molar-refractivity contribution is -0.184. The Morgan fingerprint density at radius 3 is 2.56 bits per heavy atom. The van der Waals surface area contributed by atoms with Crippen molar-refractivity contribution in [3.05, 3.63) is 11.6 Å². The zero-order valence-electron chi connectivity index (χ0n) is 24.1. The lowest BCUT2D eigenvalue weighted by Gasteiger charge is -2.60. The number of allylic oxidation sites excluding steroid dienone is 1. The Morgan fingerprint density at radius 1 is 1.15 bits per heavy atom. The van der Waals surface area contributed by atoms with E-state index in [1.807, 2.05) is 13.2 Å². The third kappa shape index (κ3) is 5.86. The number of aliphatic hydroxyl groups excluding tert-OH is 1. The van der Waals surface area contributed by atoms with Gasteiger partial charge >= 0.3 is 11.9 Å². The number of aliphatic carboxylic acids is 1. The van der Waals surface area contributed by atoms with E-state index in [1.165, 1.54) is 11.8 Å². The van der Waals surface area contributed by atoms with Crippen LogP contribution in [0.4, 0.5) is 0 Å². The molecular formula is C30H43NO9S. The highest BCUT2D eigenvalue weighted by Crippen LogP contribution is 2.67. The van der Waals surface area contributed by atoms with Crippen molar-refractivity contribution in [2.24, 2.45) is 28.6 Å². The number of esters is 1. The normalized spacial score (nSPS) is 36.7. The first-order valence-corrected chi connectivity index (χ1v) is 16.0. The Kier molecular flexibility index (Phi) is 9.40. The molecule has 0 aromatic carbocycles. The van der Waals surface area contributed by atoms with Gasteiger partial charge in [-0.1, -0.05) is 19.4 Å². The number of nitrogens with one attached hydrogen (secondary N) is 1. The van der Waals surface area contributed by atoms with Crippen LogP contribution < -0.4 is 5.32 Å². The van der Waals surface area contributed by atoms with Crippen molar-refractivity contribution in [1.82, 2.24) is 5.32 Å². The molecule has 4 aliphatic rings. The number of hydrogen-bond donors (Lipinski definition) is 4. The minimum Gasteiger partial charge on any atom is -0.480 e. The van der Waals surface area contributed by atoms with Gasteiger partial charge in [0.05, 0.1) is 12.5 Å². The van der Waals surface area contributed by atoms with Gasteiger partial charge in [-0.25, -0.2) is 4.79 Å². The number of Topliss-reactive ketones (excluding diaryl/α,β-unsaturated/α-hetero) is 1. The van der Waals surface area contributed by atoms with Crippen molar-refractivity contribution in [3.8, 4) is 0 Å². The fourth-order valence-corrected chi connectivity index (χ4v) is 8.93. The number of carboxylic acid groups (broad SMARTS) is 1. The molecule has 0 aliphatic heterocycles.